The largest absolute Gasteiger partial charge is 0.308 e. The minimum absolute atomic E-state index is 0.0834. The third-order valence-electron chi connectivity index (χ3n) is 3.63. The van der Waals surface area contributed by atoms with Gasteiger partial charge in [-0.05, 0) is 30.7 Å². The Morgan fingerprint density at radius 2 is 1.76 bits per heavy atom. The van der Waals surface area contributed by atoms with Crippen molar-refractivity contribution < 1.29 is 9.59 Å². The Morgan fingerprint density at radius 1 is 1.05 bits per heavy atom. The number of rotatable bonds is 1. The fourth-order valence-corrected chi connectivity index (χ4v) is 2.81. The number of halogens is 1. The second-order valence-corrected chi connectivity index (χ2v) is 5.39. The normalized spacial score (nSPS) is 14.5. The van der Waals surface area contributed by atoms with E-state index >= 15 is 0 Å². The molecule has 0 fully saturated rings. The van der Waals surface area contributed by atoms with Crippen molar-refractivity contribution in [2.45, 2.75) is 12.8 Å². The van der Waals surface area contributed by atoms with Gasteiger partial charge in [-0.15, -0.1) is 0 Å². The van der Waals surface area contributed by atoms with Crippen LogP contribution in [0.4, 0.5) is 5.69 Å². The lowest BCUT2D eigenvalue weighted by molar-refractivity contribution is 0.0974. The van der Waals surface area contributed by atoms with Crippen LogP contribution in [0.25, 0.3) is 0 Å². The van der Waals surface area contributed by atoms with E-state index in [1.54, 1.807) is 35.2 Å². The van der Waals surface area contributed by atoms with E-state index in [1.165, 1.54) is 0 Å². The molecule has 0 atom stereocenters. The lowest BCUT2D eigenvalue weighted by atomic mass is 10.1. The zero-order valence-electron chi connectivity index (χ0n) is 11.4. The number of Topliss-reactive ketones (excluding diaryl/α,β-unsaturated/α-hetero) is 1. The van der Waals surface area contributed by atoms with E-state index in [-0.39, 0.29) is 11.7 Å². The van der Waals surface area contributed by atoms with Crippen LogP contribution in [0.15, 0.2) is 48.5 Å². The maximum Gasteiger partial charge on any atom is 0.259 e. The van der Waals surface area contributed by atoms with Crippen molar-refractivity contribution in [3.63, 3.8) is 0 Å². The Bertz CT molecular complexity index is 711. The summed E-state index contributed by atoms with van der Waals surface area (Å²) in [5.41, 5.74) is 1.74. The molecule has 0 saturated heterocycles. The van der Waals surface area contributed by atoms with E-state index in [0.29, 0.717) is 41.2 Å². The van der Waals surface area contributed by atoms with Crippen LogP contribution in [0.2, 0.25) is 5.02 Å². The lowest BCUT2D eigenvalue weighted by Crippen LogP contribution is -2.32. The van der Waals surface area contributed by atoms with Crippen LogP contribution < -0.4 is 4.90 Å². The highest BCUT2D eigenvalue weighted by atomic mass is 35.5. The van der Waals surface area contributed by atoms with E-state index in [4.69, 9.17) is 11.6 Å². The van der Waals surface area contributed by atoms with Crippen LogP contribution in [0.1, 0.15) is 33.6 Å². The standard InChI is InChI=1S/C17H14ClNO2/c18-14-8-3-1-6-12(14)17(21)19-11-5-10-16(20)13-7-2-4-9-15(13)19/h1-4,6-9H,5,10-11H2. The monoisotopic (exact) mass is 299 g/mol. The van der Waals surface area contributed by atoms with Gasteiger partial charge in [0, 0.05) is 18.5 Å². The molecule has 106 valence electrons. The maximum absolute atomic E-state index is 12.8. The van der Waals surface area contributed by atoms with Gasteiger partial charge in [-0.25, -0.2) is 0 Å². The predicted molar refractivity (Wildman–Crippen MR) is 83.1 cm³/mol. The Hall–Kier alpha value is -2.13. The molecule has 0 saturated carbocycles. The fraction of sp³-hybridized carbons (Fsp3) is 0.176. The highest BCUT2D eigenvalue weighted by Gasteiger charge is 2.26. The van der Waals surface area contributed by atoms with Gasteiger partial charge in [0.05, 0.1) is 16.3 Å². The first-order valence-corrected chi connectivity index (χ1v) is 7.25. The summed E-state index contributed by atoms with van der Waals surface area (Å²) in [5.74, 6) is -0.0807. The summed E-state index contributed by atoms with van der Waals surface area (Å²) in [6, 6.07) is 14.2. The van der Waals surface area contributed by atoms with Crippen LogP contribution in [0.5, 0.6) is 0 Å². The summed E-state index contributed by atoms with van der Waals surface area (Å²) in [5, 5.41) is 0.426. The van der Waals surface area contributed by atoms with E-state index in [0.717, 1.165) is 0 Å². The molecular weight excluding hydrogens is 286 g/mol. The second kappa shape index (κ2) is 5.70. The average molecular weight is 300 g/mol. The zero-order valence-corrected chi connectivity index (χ0v) is 12.1. The number of anilines is 1. The van der Waals surface area contributed by atoms with Crippen molar-refractivity contribution in [2.75, 3.05) is 11.4 Å². The summed E-state index contributed by atoms with van der Waals surface area (Å²) in [6.07, 6.45) is 1.12. The summed E-state index contributed by atoms with van der Waals surface area (Å²) in [4.78, 5) is 26.5. The second-order valence-electron chi connectivity index (χ2n) is 4.98. The molecule has 21 heavy (non-hydrogen) atoms. The number of hydrogen-bond donors (Lipinski definition) is 0. The fourth-order valence-electron chi connectivity index (χ4n) is 2.59. The molecule has 0 aromatic heterocycles. The highest BCUT2D eigenvalue weighted by Crippen LogP contribution is 2.28. The lowest BCUT2D eigenvalue weighted by Gasteiger charge is -2.23. The quantitative estimate of drug-likeness (QED) is 0.799. The predicted octanol–water partition coefficient (Wildman–Crippen LogP) is 3.96. The zero-order chi connectivity index (χ0) is 14.8. The first-order valence-electron chi connectivity index (χ1n) is 6.87. The molecule has 0 aliphatic carbocycles. The first kappa shape index (κ1) is 13.8. The minimum Gasteiger partial charge on any atom is -0.308 e. The molecule has 1 heterocycles. The smallest absolute Gasteiger partial charge is 0.259 e. The van der Waals surface area contributed by atoms with E-state index in [1.807, 2.05) is 18.2 Å². The number of nitrogens with zero attached hydrogens (tertiary/aromatic N) is 1. The van der Waals surface area contributed by atoms with Gasteiger partial charge in [0.25, 0.3) is 5.91 Å². The molecule has 0 N–H and O–H groups in total. The Balaban J connectivity index is 2.06. The number of para-hydroxylation sites is 1. The Kier molecular flexibility index (Phi) is 3.76. The van der Waals surface area contributed by atoms with Gasteiger partial charge in [0.1, 0.15) is 0 Å². The molecule has 3 rings (SSSR count). The molecule has 1 amide bonds. The van der Waals surface area contributed by atoms with Crippen molar-refractivity contribution in [1.82, 2.24) is 0 Å². The molecule has 0 unspecified atom stereocenters. The number of fused-ring (bicyclic) bond motifs is 1. The van der Waals surface area contributed by atoms with Crippen molar-refractivity contribution in [3.05, 3.63) is 64.7 Å². The van der Waals surface area contributed by atoms with E-state index in [9.17, 15) is 9.59 Å². The molecular formula is C17H14ClNO2. The summed E-state index contributed by atoms with van der Waals surface area (Å²) in [6.45, 7) is 0.521. The van der Waals surface area contributed by atoms with Crippen molar-refractivity contribution in [3.8, 4) is 0 Å². The van der Waals surface area contributed by atoms with E-state index in [2.05, 4.69) is 0 Å². The molecule has 0 spiro atoms. The van der Waals surface area contributed by atoms with Gasteiger partial charge in [-0.1, -0.05) is 35.9 Å². The van der Waals surface area contributed by atoms with E-state index < -0.39 is 0 Å². The summed E-state index contributed by atoms with van der Waals surface area (Å²) in [7, 11) is 0. The van der Waals surface area contributed by atoms with Crippen LogP contribution in [-0.2, 0) is 0 Å². The molecule has 0 radical (unpaired) electrons. The van der Waals surface area contributed by atoms with Crippen LogP contribution in [-0.4, -0.2) is 18.2 Å². The average Bonchev–Trinajstić information content (AvgIpc) is 2.67. The molecule has 1 aliphatic heterocycles. The van der Waals surface area contributed by atoms with Crippen LogP contribution in [0, 0.1) is 0 Å². The van der Waals surface area contributed by atoms with Crippen molar-refractivity contribution in [2.24, 2.45) is 0 Å². The Labute approximate surface area is 128 Å². The first-order chi connectivity index (χ1) is 10.2. The molecule has 2 aromatic rings. The summed E-state index contributed by atoms with van der Waals surface area (Å²) < 4.78 is 0. The van der Waals surface area contributed by atoms with Gasteiger partial charge in [0.2, 0.25) is 0 Å². The maximum atomic E-state index is 12.8. The molecule has 2 aromatic carbocycles. The van der Waals surface area contributed by atoms with Gasteiger partial charge >= 0.3 is 0 Å². The molecule has 0 bridgehead atoms. The number of carbonyl (C=O) groups is 2. The number of carbonyl (C=O) groups excluding carboxylic acids is 2. The number of ketones is 1. The third-order valence-corrected chi connectivity index (χ3v) is 3.96. The molecule has 1 aliphatic rings. The van der Waals surface area contributed by atoms with Crippen molar-refractivity contribution in [1.29, 1.82) is 0 Å². The number of hydrogen-bond acceptors (Lipinski definition) is 2. The summed E-state index contributed by atoms with van der Waals surface area (Å²) >= 11 is 6.12. The minimum atomic E-state index is -0.164. The topological polar surface area (TPSA) is 37.4 Å². The van der Waals surface area contributed by atoms with Gasteiger partial charge < -0.3 is 4.90 Å². The SMILES string of the molecule is O=C1CCCN(C(=O)c2ccccc2Cl)c2ccccc21. The van der Waals surface area contributed by atoms with Gasteiger partial charge in [-0.2, -0.15) is 0 Å². The van der Waals surface area contributed by atoms with Crippen molar-refractivity contribution >= 4 is 29.0 Å². The Morgan fingerprint density at radius 3 is 2.57 bits per heavy atom. The molecule has 3 nitrogen and oxygen atoms in total. The third kappa shape index (κ3) is 2.57. The molecule has 4 heteroatoms. The van der Waals surface area contributed by atoms with Gasteiger partial charge in [0.15, 0.2) is 5.78 Å². The van der Waals surface area contributed by atoms with Crippen LogP contribution in [0.3, 0.4) is 0 Å². The number of amides is 1. The number of benzene rings is 2. The highest BCUT2D eigenvalue weighted by molar-refractivity contribution is 6.34. The van der Waals surface area contributed by atoms with Crippen LogP contribution >= 0.6 is 11.6 Å². The van der Waals surface area contributed by atoms with Gasteiger partial charge in [-0.3, -0.25) is 9.59 Å².